The average molecular weight is 368 g/mol. The van der Waals surface area contributed by atoms with Crippen LogP contribution in [0.2, 0.25) is 0 Å². The van der Waals surface area contributed by atoms with Crippen molar-refractivity contribution in [3.05, 3.63) is 65.7 Å². The van der Waals surface area contributed by atoms with Crippen molar-refractivity contribution in [2.45, 2.75) is 36.8 Å². The molecule has 2 aromatic rings. The lowest BCUT2D eigenvalue weighted by Gasteiger charge is -2.43. The predicted molar refractivity (Wildman–Crippen MR) is 97.2 cm³/mol. The molecule has 0 unspecified atom stereocenters. The number of imide groups is 1. The number of carbonyl (C=O) groups is 2. The molecule has 140 valence electrons. The van der Waals surface area contributed by atoms with E-state index in [-0.39, 0.29) is 17.5 Å². The van der Waals surface area contributed by atoms with E-state index in [1.807, 2.05) is 18.2 Å². The van der Waals surface area contributed by atoms with Gasteiger partial charge in [0.25, 0.3) is 11.8 Å². The summed E-state index contributed by atoms with van der Waals surface area (Å²) in [6.07, 6.45) is -4.06. The largest absolute Gasteiger partial charge is 0.388 e. The van der Waals surface area contributed by atoms with Crippen LogP contribution in [0.3, 0.4) is 0 Å². The van der Waals surface area contributed by atoms with Crippen LogP contribution in [-0.4, -0.2) is 62.4 Å². The number of carbonyl (C=O) groups excluding carboxylic acids is 2. The summed E-state index contributed by atoms with van der Waals surface area (Å²) in [4.78, 5) is 26.5. The van der Waals surface area contributed by atoms with Crippen molar-refractivity contribution in [2.75, 3.05) is 5.32 Å². The summed E-state index contributed by atoms with van der Waals surface area (Å²) in [7, 11) is 0. The Hall–Kier alpha value is -2.74. The topological polar surface area (TPSA) is 110 Å². The van der Waals surface area contributed by atoms with Crippen molar-refractivity contribution in [3.63, 3.8) is 0 Å². The van der Waals surface area contributed by atoms with Crippen molar-refractivity contribution in [2.24, 2.45) is 0 Å². The van der Waals surface area contributed by atoms with Crippen LogP contribution in [0.15, 0.2) is 54.6 Å². The number of aliphatic hydroxyl groups is 3. The van der Waals surface area contributed by atoms with E-state index < -0.39 is 42.2 Å². The van der Waals surface area contributed by atoms with Crippen LogP contribution in [0.5, 0.6) is 0 Å². The molecular weight excluding hydrogens is 348 g/mol. The molecule has 0 spiro atoms. The van der Waals surface area contributed by atoms with Gasteiger partial charge in [-0.2, -0.15) is 0 Å². The fourth-order valence-electron chi connectivity index (χ4n) is 3.87. The lowest BCUT2D eigenvalue weighted by Crippen LogP contribution is -2.63. The fourth-order valence-corrected chi connectivity index (χ4v) is 3.87. The summed E-state index contributed by atoms with van der Waals surface area (Å²) in [5.74, 6) is -0.997. The van der Waals surface area contributed by atoms with Gasteiger partial charge in [0, 0.05) is 5.69 Å². The summed E-state index contributed by atoms with van der Waals surface area (Å²) in [5.41, 5.74) is 1.29. The molecule has 4 rings (SSSR count). The zero-order valence-corrected chi connectivity index (χ0v) is 14.4. The number of nitrogens with zero attached hydrogens (tertiary/aromatic N) is 1. The smallest absolute Gasteiger partial charge is 0.261 e. The van der Waals surface area contributed by atoms with Gasteiger partial charge in [-0.05, 0) is 30.7 Å². The summed E-state index contributed by atoms with van der Waals surface area (Å²) < 4.78 is 0. The molecule has 7 heteroatoms. The lowest BCUT2D eigenvalue weighted by molar-refractivity contribution is -0.114. The maximum atomic E-state index is 12.7. The first kappa shape index (κ1) is 17.7. The van der Waals surface area contributed by atoms with Gasteiger partial charge in [0.2, 0.25) is 0 Å². The number of rotatable bonds is 3. The molecule has 0 aromatic heterocycles. The third-order valence-corrected chi connectivity index (χ3v) is 5.28. The van der Waals surface area contributed by atoms with Crippen molar-refractivity contribution >= 4 is 17.5 Å². The van der Waals surface area contributed by atoms with E-state index in [0.717, 1.165) is 10.6 Å². The highest BCUT2D eigenvalue weighted by Crippen LogP contribution is 2.32. The highest BCUT2D eigenvalue weighted by atomic mass is 16.4. The quantitative estimate of drug-likeness (QED) is 0.591. The van der Waals surface area contributed by atoms with Crippen molar-refractivity contribution < 1.29 is 24.9 Å². The number of para-hydroxylation sites is 1. The first-order valence-electron chi connectivity index (χ1n) is 8.81. The normalized spacial score (nSPS) is 30.3. The van der Waals surface area contributed by atoms with Crippen LogP contribution in [0.25, 0.3) is 0 Å². The van der Waals surface area contributed by atoms with Crippen LogP contribution < -0.4 is 5.32 Å². The van der Waals surface area contributed by atoms with Gasteiger partial charge >= 0.3 is 0 Å². The Bertz CT molecular complexity index is 837. The zero-order chi connectivity index (χ0) is 19.1. The minimum atomic E-state index is -1.49. The molecule has 0 saturated heterocycles. The highest BCUT2D eigenvalue weighted by Gasteiger charge is 2.50. The SMILES string of the molecule is O=C1c2ccccc2C(=O)N1[C@@H]1C[C@@H](Nc2ccccc2)[C@@H](O)[C@@H](O)[C@H]1O. The van der Waals surface area contributed by atoms with Gasteiger partial charge in [-0.15, -0.1) is 0 Å². The third kappa shape index (κ3) is 2.90. The van der Waals surface area contributed by atoms with Gasteiger partial charge in [0.05, 0.1) is 23.2 Å². The number of amides is 2. The minimum Gasteiger partial charge on any atom is -0.388 e. The summed E-state index contributed by atoms with van der Waals surface area (Å²) in [6.45, 7) is 0. The van der Waals surface area contributed by atoms with Gasteiger partial charge in [-0.25, -0.2) is 0 Å². The Morgan fingerprint density at radius 3 is 1.93 bits per heavy atom. The van der Waals surface area contributed by atoms with E-state index in [1.54, 1.807) is 36.4 Å². The molecule has 1 heterocycles. The summed E-state index contributed by atoms with van der Waals surface area (Å²) in [6, 6.07) is 14.0. The third-order valence-electron chi connectivity index (χ3n) is 5.28. The molecule has 1 aliphatic heterocycles. The van der Waals surface area contributed by atoms with E-state index in [4.69, 9.17) is 0 Å². The summed E-state index contributed by atoms with van der Waals surface area (Å²) >= 11 is 0. The first-order valence-corrected chi connectivity index (χ1v) is 8.81. The summed E-state index contributed by atoms with van der Waals surface area (Å²) in [5, 5.41) is 34.3. The molecule has 27 heavy (non-hydrogen) atoms. The van der Waals surface area contributed by atoms with Crippen molar-refractivity contribution in [1.82, 2.24) is 4.90 Å². The lowest BCUT2D eigenvalue weighted by atomic mass is 9.83. The van der Waals surface area contributed by atoms with Crippen LogP contribution in [0.1, 0.15) is 27.1 Å². The van der Waals surface area contributed by atoms with Crippen LogP contribution in [0, 0.1) is 0 Å². The molecule has 2 aliphatic rings. The maximum absolute atomic E-state index is 12.7. The monoisotopic (exact) mass is 368 g/mol. The Balaban J connectivity index is 1.62. The van der Waals surface area contributed by atoms with Crippen LogP contribution in [0.4, 0.5) is 5.69 Å². The first-order chi connectivity index (χ1) is 13.0. The van der Waals surface area contributed by atoms with E-state index in [2.05, 4.69) is 5.32 Å². The molecular formula is C20H20N2O5. The Labute approximate surface area is 155 Å². The molecule has 1 aliphatic carbocycles. The number of nitrogens with one attached hydrogen (secondary N) is 1. The molecule has 0 bridgehead atoms. The van der Waals surface area contributed by atoms with Gasteiger partial charge in [-0.1, -0.05) is 30.3 Å². The van der Waals surface area contributed by atoms with Crippen molar-refractivity contribution in [1.29, 1.82) is 0 Å². The molecule has 1 fully saturated rings. The van der Waals surface area contributed by atoms with Gasteiger partial charge in [-0.3, -0.25) is 14.5 Å². The molecule has 1 saturated carbocycles. The second kappa shape index (κ2) is 6.77. The van der Waals surface area contributed by atoms with E-state index in [9.17, 15) is 24.9 Å². The molecule has 0 radical (unpaired) electrons. The second-order valence-corrected chi connectivity index (χ2v) is 6.92. The molecule has 2 aromatic carbocycles. The van der Waals surface area contributed by atoms with Crippen LogP contribution >= 0.6 is 0 Å². The van der Waals surface area contributed by atoms with Crippen LogP contribution in [-0.2, 0) is 0 Å². The average Bonchev–Trinajstić information content (AvgIpc) is 2.94. The number of benzene rings is 2. The number of anilines is 1. The minimum absolute atomic E-state index is 0.111. The van der Waals surface area contributed by atoms with Gasteiger partial charge < -0.3 is 20.6 Å². The standard InChI is InChI=1S/C20H20N2O5/c23-16-14(21-11-6-2-1-3-7-11)10-15(17(24)18(16)25)22-19(26)12-8-4-5-9-13(12)20(22)27/h1-9,14-18,21,23-25H,10H2/t14-,15-,16-,17+,18-/m1/s1. The predicted octanol–water partition coefficient (Wildman–Crippen LogP) is 0.618. The molecule has 4 N–H and O–H groups in total. The number of fused-ring (bicyclic) bond motifs is 1. The van der Waals surface area contributed by atoms with E-state index >= 15 is 0 Å². The zero-order valence-electron chi connectivity index (χ0n) is 14.4. The number of aliphatic hydroxyl groups excluding tert-OH is 3. The second-order valence-electron chi connectivity index (χ2n) is 6.92. The molecule has 7 nitrogen and oxygen atoms in total. The van der Waals surface area contributed by atoms with Crippen molar-refractivity contribution in [3.8, 4) is 0 Å². The number of hydrogen-bond donors (Lipinski definition) is 4. The Morgan fingerprint density at radius 2 is 1.33 bits per heavy atom. The fraction of sp³-hybridized carbons (Fsp3) is 0.300. The number of hydrogen-bond acceptors (Lipinski definition) is 6. The Morgan fingerprint density at radius 1 is 0.778 bits per heavy atom. The maximum Gasteiger partial charge on any atom is 0.261 e. The van der Waals surface area contributed by atoms with Gasteiger partial charge in [0.1, 0.15) is 18.3 Å². The van der Waals surface area contributed by atoms with Gasteiger partial charge in [0.15, 0.2) is 0 Å². The van der Waals surface area contributed by atoms with E-state index in [0.29, 0.717) is 0 Å². The molecule has 5 atom stereocenters. The van der Waals surface area contributed by atoms with E-state index in [1.165, 1.54) is 0 Å². The molecule has 2 amide bonds. The Kier molecular flexibility index (Phi) is 4.43. The highest BCUT2D eigenvalue weighted by molar-refractivity contribution is 6.21.